The predicted molar refractivity (Wildman–Crippen MR) is 63.1 cm³/mol. The molecule has 0 fully saturated rings. The summed E-state index contributed by atoms with van der Waals surface area (Å²) in [5, 5.41) is -1.13. The molecule has 5 nitrogen and oxygen atoms in total. The quantitative estimate of drug-likeness (QED) is 0.617. The number of aromatic nitrogens is 1. The summed E-state index contributed by atoms with van der Waals surface area (Å²) in [6.45, 7) is 3.04. The molecule has 9 heteroatoms. The predicted octanol–water partition coefficient (Wildman–Crippen LogP) is 2.37. The summed E-state index contributed by atoms with van der Waals surface area (Å²) >= 11 is 0.219. The van der Waals surface area contributed by atoms with Crippen LogP contribution in [-0.4, -0.2) is 30.1 Å². The van der Waals surface area contributed by atoms with Gasteiger partial charge in [-0.05, 0) is 13.8 Å². The standard InChI is InChI=1S/C11H12F3NO4S/c1-3-18-8(16)7(9(17)19-4-2)6-5-15-10(20-6)11(12,13)14/h5,7H,3-4H2,1-2H3. The highest BCUT2D eigenvalue weighted by Crippen LogP contribution is 2.35. The molecule has 0 saturated carbocycles. The van der Waals surface area contributed by atoms with Gasteiger partial charge in [0.25, 0.3) is 0 Å². The third-order valence-electron chi connectivity index (χ3n) is 2.10. The van der Waals surface area contributed by atoms with Gasteiger partial charge in [-0.2, -0.15) is 13.2 Å². The molecular weight excluding hydrogens is 299 g/mol. The molecule has 0 aromatic carbocycles. The van der Waals surface area contributed by atoms with Gasteiger partial charge < -0.3 is 9.47 Å². The van der Waals surface area contributed by atoms with Crippen molar-refractivity contribution < 1.29 is 32.2 Å². The third-order valence-corrected chi connectivity index (χ3v) is 3.20. The average Bonchev–Trinajstić information content (AvgIpc) is 2.79. The Morgan fingerprint density at radius 1 is 1.25 bits per heavy atom. The van der Waals surface area contributed by atoms with E-state index in [9.17, 15) is 22.8 Å². The first kappa shape index (κ1) is 16.4. The van der Waals surface area contributed by atoms with Gasteiger partial charge in [0.15, 0.2) is 10.9 Å². The number of carbonyl (C=O) groups is 2. The Bertz CT molecular complexity index is 468. The molecule has 0 atom stereocenters. The average molecular weight is 311 g/mol. The van der Waals surface area contributed by atoms with E-state index in [0.717, 1.165) is 6.20 Å². The molecule has 1 heterocycles. The van der Waals surface area contributed by atoms with Crippen molar-refractivity contribution in [2.24, 2.45) is 0 Å². The van der Waals surface area contributed by atoms with E-state index in [2.05, 4.69) is 14.5 Å². The van der Waals surface area contributed by atoms with Crippen molar-refractivity contribution in [3.05, 3.63) is 16.1 Å². The van der Waals surface area contributed by atoms with Crippen molar-refractivity contribution in [1.29, 1.82) is 0 Å². The molecule has 0 saturated heterocycles. The SMILES string of the molecule is CCOC(=O)C(C(=O)OCC)c1cnc(C(F)(F)F)s1. The van der Waals surface area contributed by atoms with E-state index >= 15 is 0 Å². The lowest BCUT2D eigenvalue weighted by Crippen LogP contribution is -2.25. The second kappa shape index (κ2) is 6.69. The fraction of sp³-hybridized carbons (Fsp3) is 0.545. The van der Waals surface area contributed by atoms with E-state index in [1.807, 2.05) is 0 Å². The van der Waals surface area contributed by atoms with E-state index in [4.69, 9.17) is 0 Å². The van der Waals surface area contributed by atoms with Gasteiger partial charge in [0.1, 0.15) is 0 Å². The number of carbonyl (C=O) groups excluding carboxylic acids is 2. The second-order valence-corrected chi connectivity index (χ2v) is 4.56. The molecule has 0 radical (unpaired) electrons. The number of nitrogens with zero attached hydrogens (tertiary/aromatic N) is 1. The number of hydrogen-bond donors (Lipinski definition) is 0. The number of halogens is 3. The molecule has 1 rings (SSSR count). The number of alkyl halides is 3. The van der Waals surface area contributed by atoms with Crippen LogP contribution in [0.4, 0.5) is 13.2 Å². The molecule has 0 unspecified atom stereocenters. The summed E-state index contributed by atoms with van der Waals surface area (Å²) in [6, 6.07) is 0. The molecule has 20 heavy (non-hydrogen) atoms. The summed E-state index contributed by atoms with van der Waals surface area (Å²) in [4.78, 5) is 26.4. The fourth-order valence-corrected chi connectivity index (χ4v) is 2.19. The van der Waals surface area contributed by atoms with Crippen LogP contribution in [0.25, 0.3) is 0 Å². The first-order chi connectivity index (χ1) is 9.31. The number of hydrogen-bond acceptors (Lipinski definition) is 6. The Labute approximate surface area is 116 Å². The highest BCUT2D eigenvalue weighted by molar-refractivity contribution is 7.12. The van der Waals surface area contributed by atoms with Crippen LogP contribution in [0.3, 0.4) is 0 Å². The lowest BCUT2D eigenvalue weighted by Gasteiger charge is -2.12. The molecule has 0 spiro atoms. The summed E-state index contributed by atoms with van der Waals surface area (Å²) < 4.78 is 46.8. The van der Waals surface area contributed by atoms with Crippen LogP contribution < -0.4 is 0 Å². The van der Waals surface area contributed by atoms with Crippen molar-refractivity contribution in [2.75, 3.05) is 13.2 Å². The van der Waals surface area contributed by atoms with E-state index in [-0.39, 0.29) is 29.4 Å². The Balaban J connectivity index is 3.07. The highest BCUT2D eigenvalue weighted by atomic mass is 32.1. The minimum absolute atomic E-state index is 0.000327. The molecule has 1 aromatic rings. The third kappa shape index (κ3) is 3.92. The second-order valence-electron chi connectivity index (χ2n) is 3.50. The van der Waals surface area contributed by atoms with Crippen molar-refractivity contribution >= 4 is 23.3 Å². The van der Waals surface area contributed by atoms with Gasteiger partial charge in [0.05, 0.1) is 18.1 Å². The van der Waals surface area contributed by atoms with Crippen LogP contribution in [-0.2, 0) is 25.2 Å². The van der Waals surface area contributed by atoms with E-state index in [0.29, 0.717) is 0 Å². The maximum atomic E-state index is 12.5. The largest absolute Gasteiger partial charge is 0.465 e. The summed E-state index contributed by atoms with van der Waals surface area (Å²) in [5.41, 5.74) is 0. The van der Waals surface area contributed by atoms with E-state index in [1.54, 1.807) is 0 Å². The first-order valence-electron chi connectivity index (χ1n) is 5.67. The number of rotatable bonds is 5. The molecule has 0 aliphatic heterocycles. The lowest BCUT2D eigenvalue weighted by molar-refractivity contribution is -0.156. The minimum Gasteiger partial charge on any atom is -0.465 e. The van der Waals surface area contributed by atoms with Gasteiger partial charge in [-0.15, -0.1) is 11.3 Å². The maximum absolute atomic E-state index is 12.5. The molecule has 0 N–H and O–H groups in total. The van der Waals surface area contributed by atoms with Crippen molar-refractivity contribution in [3.8, 4) is 0 Å². The van der Waals surface area contributed by atoms with Crippen LogP contribution in [0, 0.1) is 0 Å². The van der Waals surface area contributed by atoms with Gasteiger partial charge in [-0.25, -0.2) is 4.98 Å². The van der Waals surface area contributed by atoms with Gasteiger partial charge in [0.2, 0.25) is 0 Å². The molecule has 0 bridgehead atoms. The topological polar surface area (TPSA) is 65.5 Å². The zero-order valence-electron chi connectivity index (χ0n) is 10.7. The summed E-state index contributed by atoms with van der Waals surface area (Å²) in [5.74, 6) is -3.45. The smallest absolute Gasteiger partial charge is 0.443 e. The van der Waals surface area contributed by atoms with Crippen LogP contribution in [0.5, 0.6) is 0 Å². The molecule has 0 aliphatic carbocycles. The van der Waals surface area contributed by atoms with Crippen LogP contribution in [0.2, 0.25) is 0 Å². The molecule has 0 aliphatic rings. The highest BCUT2D eigenvalue weighted by Gasteiger charge is 2.39. The van der Waals surface area contributed by atoms with Crippen molar-refractivity contribution in [1.82, 2.24) is 4.98 Å². The summed E-state index contributed by atoms with van der Waals surface area (Å²) in [6.07, 6.45) is -3.79. The number of esters is 2. The Morgan fingerprint density at radius 2 is 1.75 bits per heavy atom. The van der Waals surface area contributed by atoms with Crippen LogP contribution >= 0.6 is 11.3 Å². The van der Waals surface area contributed by atoms with E-state index in [1.165, 1.54) is 13.8 Å². The Kier molecular flexibility index (Phi) is 5.49. The van der Waals surface area contributed by atoms with Crippen LogP contribution in [0.15, 0.2) is 6.20 Å². The van der Waals surface area contributed by atoms with E-state index < -0.39 is 29.0 Å². The van der Waals surface area contributed by atoms with Crippen LogP contribution in [0.1, 0.15) is 29.7 Å². The van der Waals surface area contributed by atoms with Gasteiger partial charge in [0, 0.05) is 6.20 Å². The molecular formula is C11H12F3NO4S. The van der Waals surface area contributed by atoms with Gasteiger partial charge in [-0.1, -0.05) is 0 Å². The molecule has 1 aromatic heterocycles. The molecule has 0 amide bonds. The summed E-state index contributed by atoms with van der Waals surface area (Å²) in [7, 11) is 0. The van der Waals surface area contributed by atoms with Gasteiger partial charge in [-0.3, -0.25) is 9.59 Å². The van der Waals surface area contributed by atoms with Crippen molar-refractivity contribution in [2.45, 2.75) is 25.9 Å². The lowest BCUT2D eigenvalue weighted by atomic mass is 10.1. The monoisotopic (exact) mass is 311 g/mol. The first-order valence-corrected chi connectivity index (χ1v) is 6.49. The fourth-order valence-electron chi connectivity index (χ4n) is 1.33. The molecule has 112 valence electrons. The minimum atomic E-state index is -4.63. The maximum Gasteiger partial charge on any atom is 0.443 e. The number of ether oxygens (including phenoxy) is 2. The zero-order valence-corrected chi connectivity index (χ0v) is 11.5. The normalized spacial score (nSPS) is 11.5. The zero-order chi connectivity index (χ0) is 15.3. The Hall–Kier alpha value is -1.64. The Morgan fingerprint density at radius 3 is 2.10 bits per heavy atom. The number of thiazole rings is 1. The van der Waals surface area contributed by atoms with Crippen molar-refractivity contribution in [3.63, 3.8) is 0 Å². The van der Waals surface area contributed by atoms with Gasteiger partial charge >= 0.3 is 18.1 Å².